The Morgan fingerprint density at radius 1 is 0.905 bits per heavy atom. The topological polar surface area (TPSA) is 17.8 Å². The molecule has 0 saturated heterocycles. The summed E-state index contributed by atoms with van der Waals surface area (Å²) in [6.45, 7) is 4.18. The SMILES string of the molecule is Cc1cc(C)n(C(Cc2ccccc2)c2ccccc2)n1. The van der Waals surface area contributed by atoms with Crippen molar-refractivity contribution in [3.8, 4) is 0 Å². The molecule has 2 nitrogen and oxygen atoms in total. The fourth-order valence-electron chi connectivity index (χ4n) is 2.82. The van der Waals surface area contributed by atoms with Crippen LogP contribution in [0.2, 0.25) is 0 Å². The molecule has 0 amide bonds. The highest BCUT2D eigenvalue weighted by molar-refractivity contribution is 5.25. The molecule has 106 valence electrons. The lowest BCUT2D eigenvalue weighted by molar-refractivity contribution is 0.505. The number of benzene rings is 2. The van der Waals surface area contributed by atoms with Gasteiger partial charge in [-0.05, 0) is 37.5 Å². The second-order valence-corrected chi connectivity index (χ2v) is 5.49. The van der Waals surface area contributed by atoms with Crippen molar-refractivity contribution in [2.45, 2.75) is 26.3 Å². The molecule has 0 spiro atoms. The first kappa shape index (κ1) is 13.6. The maximum Gasteiger partial charge on any atom is 0.0811 e. The average molecular weight is 276 g/mol. The lowest BCUT2D eigenvalue weighted by Gasteiger charge is -2.20. The first-order chi connectivity index (χ1) is 10.2. The summed E-state index contributed by atoms with van der Waals surface area (Å²) < 4.78 is 2.15. The predicted molar refractivity (Wildman–Crippen MR) is 86.4 cm³/mol. The molecule has 0 bridgehead atoms. The second-order valence-electron chi connectivity index (χ2n) is 5.49. The molecule has 1 aromatic heterocycles. The van der Waals surface area contributed by atoms with Gasteiger partial charge in [0.05, 0.1) is 11.7 Å². The van der Waals surface area contributed by atoms with Crippen LogP contribution in [-0.4, -0.2) is 9.78 Å². The third-order valence-electron chi connectivity index (χ3n) is 3.80. The standard InChI is InChI=1S/C19H20N2/c1-15-13-16(2)21(20-15)19(18-11-7-4-8-12-18)14-17-9-5-3-6-10-17/h3-13,19H,14H2,1-2H3. The smallest absolute Gasteiger partial charge is 0.0811 e. The van der Waals surface area contributed by atoms with E-state index in [9.17, 15) is 0 Å². The zero-order valence-electron chi connectivity index (χ0n) is 12.5. The summed E-state index contributed by atoms with van der Waals surface area (Å²) in [4.78, 5) is 0. The molecule has 0 N–H and O–H groups in total. The van der Waals surface area contributed by atoms with E-state index in [0.717, 1.165) is 12.1 Å². The molecule has 0 radical (unpaired) electrons. The Morgan fingerprint density at radius 3 is 2.10 bits per heavy atom. The lowest BCUT2D eigenvalue weighted by atomic mass is 9.99. The van der Waals surface area contributed by atoms with E-state index in [0.29, 0.717) is 0 Å². The molecule has 0 fully saturated rings. The van der Waals surface area contributed by atoms with Crippen molar-refractivity contribution in [2.24, 2.45) is 0 Å². The van der Waals surface area contributed by atoms with Crippen LogP contribution in [0.25, 0.3) is 0 Å². The summed E-state index contributed by atoms with van der Waals surface area (Å²) in [6, 6.07) is 23.6. The Kier molecular flexibility index (Phi) is 3.87. The van der Waals surface area contributed by atoms with Crippen LogP contribution in [0.4, 0.5) is 0 Å². The van der Waals surface area contributed by atoms with Gasteiger partial charge >= 0.3 is 0 Å². The minimum absolute atomic E-state index is 0.238. The number of aromatic nitrogens is 2. The molecule has 0 aliphatic heterocycles. The van der Waals surface area contributed by atoms with Crippen LogP contribution in [0, 0.1) is 13.8 Å². The normalized spacial score (nSPS) is 12.3. The Balaban J connectivity index is 2.01. The van der Waals surface area contributed by atoms with Crippen molar-refractivity contribution >= 4 is 0 Å². The zero-order chi connectivity index (χ0) is 14.7. The van der Waals surface area contributed by atoms with E-state index in [1.807, 2.05) is 6.92 Å². The van der Waals surface area contributed by atoms with Gasteiger partial charge in [0.15, 0.2) is 0 Å². The first-order valence-electron chi connectivity index (χ1n) is 7.35. The first-order valence-corrected chi connectivity index (χ1v) is 7.35. The minimum Gasteiger partial charge on any atom is -0.262 e. The monoisotopic (exact) mass is 276 g/mol. The number of aryl methyl sites for hydroxylation is 2. The zero-order valence-corrected chi connectivity index (χ0v) is 12.5. The van der Waals surface area contributed by atoms with E-state index in [2.05, 4.69) is 78.3 Å². The highest BCUT2D eigenvalue weighted by Gasteiger charge is 2.17. The summed E-state index contributed by atoms with van der Waals surface area (Å²) >= 11 is 0. The van der Waals surface area contributed by atoms with Gasteiger partial charge in [-0.15, -0.1) is 0 Å². The molecule has 0 saturated carbocycles. The summed E-state index contributed by atoms with van der Waals surface area (Å²) in [5, 5.41) is 4.70. The summed E-state index contributed by atoms with van der Waals surface area (Å²) in [6.07, 6.45) is 0.951. The van der Waals surface area contributed by atoms with Crippen LogP contribution in [0.1, 0.15) is 28.6 Å². The van der Waals surface area contributed by atoms with Crippen molar-refractivity contribution in [3.05, 3.63) is 89.2 Å². The van der Waals surface area contributed by atoms with E-state index in [4.69, 9.17) is 5.10 Å². The molecular formula is C19H20N2. The van der Waals surface area contributed by atoms with E-state index >= 15 is 0 Å². The van der Waals surface area contributed by atoms with Gasteiger partial charge in [0, 0.05) is 5.69 Å². The van der Waals surface area contributed by atoms with Crippen molar-refractivity contribution in [1.29, 1.82) is 0 Å². The fraction of sp³-hybridized carbons (Fsp3) is 0.211. The van der Waals surface area contributed by atoms with Gasteiger partial charge in [-0.1, -0.05) is 60.7 Å². The molecule has 2 aromatic carbocycles. The van der Waals surface area contributed by atoms with Crippen LogP contribution in [0.15, 0.2) is 66.7 Å². The van der Waals surface area contributed by atoms with E-state index < -0.39 is 0 Å². The van der Waals surface area contributed by atoms with Crippen LogP contribution >= 0.6 is 0 Å². The van der Waals surface area contributed by atoms with Crippen LogP contribution in [0.3, 0.4) is 0 Å². The van der Waals surface area contributed by atoms with Gasteiger partial charge in [0.25, 0.3) is 0 Å². The van der Waals surface area contributed by atoms with Gasteiger partial charge in [-0.3, -0.25) is 4.68 Å². The summed E-state index contributed by atoms with van der Waals surface area (Å²) in [5.41, 5.74) is 4.91. The van der Waals surface area contributed by atoms with Crippen LogP contribution < -0.4 is 0 Å². The van der Waals surface area contributed by atoms with Gasteiger partial charge in [-0.2, -0.15) is 5.10 Å². The maximum atomic E-state index is 4.70. The van der Waals surface area contributed by atoms with Gasteiger partial charge in [-0.25, -0.2) is 0 Å². The largest absolute Gasteiger partial charge is 0.262 e. The number of rotatable bonds is 4. The quantitative estimate of drug-likeness (QED) is 0.693. The van der Waals surface area contributed by atoms with Crippen molar-refractivity contribution in [2.75, 3.05) is 0 Å². The van der Waals surface area contributed by atoms with Crippen molar-refractivity contribution in [3.63, 3.8) is 0 Å². The van der Waals surface area contributed by atoms with E-state index in [1.54, 1.807) is 0 Å². The van der Waals surface area contributed by atoms with E-state index in [-0.39, 0.29) is 6.04 Å². The molecule has 3 rings (SSSR count). The van der Waals surface area contributed by atoms with Gasteiger partial charge in [0.1, 0.15) is 0 Å². The molecule has 1 atom stereocenters. The Bertz CT molecular complexity index is 699. The van der Waals surface area contributed by atoms with Gasteiger partial charge < -0.3 is 0 Å². The molecule has 0 aliphatic carbocycles. The van der Waals surface area contributed by atoms with Crippen LogP contribution in [-0.2, 0) is 6.42 Å². The lowest BCUT2D eigenvalue weighted by Crippen LogP contribution is -2.16. The van der Waals surface area contributed by atoms with E-state index in [1.165, 1.54) is 16.8 Å². The molecule has 1 heterocycles. The average Bonchev–Trinajstić information content (AvgIpc) is 2.85. The Labute approximate surface area is 126 Å². The molecule has 3 aromatic rings. The Morgan fingerprint density at radius 2 is 1.52 bits per heavy atom. The summed E-state index contributed by atoms with van der Waals surface area (Å²) in [7, 11) is 0. The molecule has 21 heavy (non-hydrogen) atoms. The van der Waals surface area contributed by atoms with Crippen molar-refractivity contribution in [1.82, 2.24) is 9.78 Å². The predicted octanol–water partition coefficient (Wildman–Crippen LogP) is 4.33. The number of hydrogen-bond acceptors (Lipinski definition) is 1. The number of hydrogen-bond donors (Lipinski definition) is 0. The minimum atomic E-state index is 0.238. The highest BCUT2D eigenvalue weighted by Crippen LogP contribution is 2.24. The second kappa shape index (κ2) is 5.96. The Hall–Kier alpha value is -2.35. The third-order valence-corrected chi connectivity index (χ3v) is 3.80. The van der Waals surface area contributed by atoms with Crippen molar-refractivity contribution < 1.29 is 0 Å². The number of nitrogens with zero attached hydrogens (tertiary/aromatic N) is 2. The van der Waals surface area contributed by atoms with Crippen LogP contribution in [0.5, 0.6) is 0 Å². The maximum absolute atomic E-state index is 4.70. The third kappa shape index (κ3) is 3.05. The molecular weight excluding hydrogens is 256 g/mol. The molecule has 2 heteroatoms. The highest BCUT2D eigenvalue weighted by atomic mass is 15.3. The molecule has 1 unspecified atom stereocenters. The molecule has 0 aliphatic rings. The fourth-order valence-corrected chi connectivity index (χ4v) is 2.82. The van der Waals surface area contributed by atoms with Gasteiger partial charge in [0.2, 0.25) is 0 Å². The summed E-state index contributed by atoms with van der Waals surface area (Å²) in [5.74, 6) is 0.